The highest BCUT2D eigenvalue weighted by Gasteiger charge is 2.21. The van der Waals surface area contributed by atoms with E-state index in [-0.39, 0.29) is 5.41 Å². The number of nitrogens with zero attached hydrogens (tertiary/aromatic N) is 1. The van der Waals surface area contributed by atoms with Crippen LogP contribution < -0.4 is 5.32 Å². The Labute approximate surface area is 96.3 Å². The normalized spacial score (nSPS) is 11.6. The standard InChI is InChI=1S/C11H20N2O3/c1-10(2,3)16-9(15)13-7-11(4,5)6-12-8-14/h6-7H2,1-5H3,(H,13,15). The van der Waals surface area contributed by atoms with Gasteiger partial charge in [-0.15, -0.1) is 0 Å². The molecule has 16 heavy (non-hydrogen) atoms. The summed E-state index contributed by atoms with van der Waals surface area (Å²) in [6, 6.07) is 0. The molecule has 1 amide bonds. The molecule has 5 heteroatoms. The maximum absolute atomic E-state index is 11.3. The number of rotatable bonds is 4. The second-order valence-electron chi connectivity index (χ2n) is 5.43. The third kappa shape index (κ3) is 8.00. The minimum absolute atomic E-state index is 0.283. The van der Waals surface area contributed by atoms with Crippen molar-refractivity contribution in [2.75, 3.05) is 13.1 Å². The van der Waals surface area contributed by atoms with E-state index in [4.69, 9.17) is 4.74 Å². The largest absolute Gasteiger partial charge is 0.444 e. The fraction of sp³-hybridized carbons (Fsp3) is 0.818. The van der Waals surface area contributed by atoms with Crippen LogP contribution in [-0.2, 0) is 9.53 Å². The first-order valence-corrected chi connectivity index (χ1v) is 5.17. The van der Waals surface area contributed by atoms with Gasteiger partial charge in [0.05, 0.1) is 6.54 Å². The summed E-state index contributed by atoms with van der Waals surface area (Å²) in [5.74, 6) is 0. The zero-order chi connectivity index (χ0) is 12.8. The maximum atomic E-state index is 11.3. The van der Waals surface area contributed by atoms with Crippen molar-refractivity contribution in [3.63, 3.8) is 0 Å². The van der Waals surface area contributed by atoms with E-state index in [0.717, 1.165) is 0 Å². The highest BCUT2D eigenvalue weighted by Crippen LogP contribution is 2.14. The van der Waals surface area contributed by atoms with Crippen LogP contribution in [0.2, 0.25) is 0 Å². The topological polar surface area (TPSA) is 67.8 Å². The zero-order valence-electron chi connectivity index (χ0n) is 10.6. The van der Waals surface area contributed by atoms with E-state index >= 15 is 0 Å². The van der Waals surface area contributed by atoms with Crippen molar-refractivity contribution in [1.29, 1.82) is 0 Å². The monoisotopic (exact) mass is 228 g/mol. The van der Waals surface area contributed by atoms with Crippen LogP contribution >= 0.6 is 0 Å². The molecular formula is C11H20N2O3. The molecule has 0 aliphatic heterocycles. The molecule has 0 aliphatic rings. The van der Waals surface area contributed by atoms with Crippen molar-refractivity contribution >= 4 is 12.2 Å². The second-order valence-corrected chi connectivity index (χ2v) is 5.43. The minimum Gasteiger partial charge on any atom is -0.444 e. The number of aliphatic imine (C=N–C) groups is 1. The van der Waals surface area contributed by atoms with Crippen molar-refractivity contribution in [1.82, 2.24) is 5.32 Å². The van der Waals surface area contributed by atoms with Crippen LogP contribution in [0.1, 0.15) is 34.6 Å². The van der Waals surface area contributed by atoms with Crippen LogP contribution in [-0.4, -0.2) is 30.9 Å². The first-order chi connectivity index (χ1) is 7.16. The number of ether oxygens (including phenoxy) is 1. The highest BCUT2D eigenvalue weighted by molar-refractivity contribution is 5.67. The molecule has 0 rings (SSSR count). The molecule has 0 saturated carbocycles. The van der Waals surface area contributed by atoms with E-state index in [1.165, 1.54) is 6.08 Å². The molecule has 0 saturated heterocycles. The number of carbonyl (C=O) groups excluding carboxylic acids is 2. The molecule has 0 radical (unpaired) electrons. The lowest BCUT2D eigenvalue weighted by Crippen LogP contribution is -2.39. The van der Waals surface area contributed by atoms with Crippen LogP contribution in [0, 0.1) is 5.41 Å². The second kappa shape index (κ2) is 5.66. The van der Waals surface area contributed by atoms with E-state index in [9.17, 15) is 9.59 Å². The Morgan fingerprint density at radius 1 is 1.31 bits per heavy atom. The van der Waals surface area contributed by atoms with Crippen LogP contribution in [0.3, 0.4) is 0 Å². The van der Waals surface area contributed by atoms with Crippen molar-refractivity contribution in [3.05, 3.63) is 0 Å². The van der Waals surface area contributed by atoms with Gasteiger partial charge in [-0.3, -0.25) is 0 Å². The van der Waals surface area contributed by atoms with Gasteiger partial charge in [-0.1, -0.05) is 13.8 Å². The molecule has 0 atom stereocenters. The lowest BCUT2D eigenvalue weighted by molar-refractivity contribution is 0.0508. The molecule has 0 aromatic rings. The molecule has 0 heterocycles. The Morgan fingerprint density at radius 2 is 1.88 bits per heavy atom. The van der Waals surface area contributed by atoms with Gasteiger partial charge >= 0.3 is 6.09 Å². The van der Waals surface area contributed by atoms with Crippen LogP contribution in [0.4, 0.5) is 4.79 Å². The molecule has 0 aromatic heterocycles. The van der Waals surface area contributed by atoms with Crippen LogP contribution in [0.15, 0.2) is 4.99 Å². The Morgan fingerprint density at radius 3 is 2.31 bits per heavy atom. The fourth-order valence-corrected chi connectivity index (χ4v) is 0.928. The van der Waals surface area contributed by atoms with E-state index in [0.29, 0.717) is 13.1 Å². The SMILES string of the molecule is CC(C)(CN=C=O)CNC(=O)OC(C)(C)C. The smallest absolute Gasteiger partial charge is 0.407 e. The third-order valence-corrected chi connectivity index (χ3v) is 1.68. The minimum atomic E-state index is -0.505. The molecule has 0 aliphatic carbocycles. The Hall–Kier alpha value is -1.35. The van der Waals surface area contributed by atoms with E-state index < -0.39 is 11.7 Å². The van der Waals surface area contributed by atoms with Gasteiger partial charge in [0, 0.05) is 12.0 Å². The van der Waals surface area contributed by atoms with Gasteiger partial charge in [0.2, 0.25) is 6.08 Å². The highest BCUT2D eigenvalue weighted by atomic mass is 16.6. The Kier molecular flexibility index (Phi) is 5.18. The zero-order valence-corrected chi connectivity index (χ0v) is 10.6. The van der Waals surface area contributed by atoms with Crippen LogP contribution in [0.5, 0.6) is 0 Å². The van der Waals surface area contributed by atoms with Gasteiger partial charge in [-0.05, 0) is 20.8 Å². The van der Waals surface area contributed by atoms with E-state index in [2.05, 4.69) is 10.3 Å². The number of hydrogen-bond donors (Lipinski definition) is 1. The van der Waals surface area contributed by atoms with Gasteiger partial charge in [-0.25, -0.2) is 14.6 Å². The summed E-state index contributed by atoms with van der Waals surface area (Å²) < 4.78 is 5.08. The number of hydrogen-bond acceptors (Lipinski definition) is 4. The number of nitrogens with one attached hydrogen (secondary N) is 1. The lowest BCUT2D eigenvalue weighted by atomic mass is 9.94. The number of carbonyl (C=O) groups is 1. The quantitative estimate of drug-likeness (QED) is 0.590. The third-order valence-electron chi connectivity index (χ3n) is 1.68. The molecular weight excluding hydrogens is 208 g/mol. The van der Waals surface area contributed by atoms with Crippen molar-refractivity contribution < 1.29 is 14.3 Å². The Balaban J connectivity index is 4.04. The number of amides is 1. The predicted molar refractivity (Wildman–Crippen MR) is 61.0 cm³/mol. The van der Waals surface area contributed by atoms with Gasteiger partial charge in [0.25, 0.3) is 0 Å². The molecule has 0 aromatic carbocycles. The lowest BCUT2D eigenvalue weighted by Gasteiger charge is -2.24. The molecule has 0 bridgehead atoms. The Bertz CT molecular complexity index is 286. The first-order valence-electron chi connectivity index (χ1n) is 5.17. The molecule has 1 N–H and O–H groups in total. The van der Waals surface area contributed by atoms with Gasteiger partial charge in [0.1, 0.15) is 5.60 Å². The summed E-state index contributed by atoms with van der Waals surface area (Å²) in [7, 11) is 0. The van der Waals surface area contributed by atoms with E-state index in [1.54, 1.807) is 20.8 Å². The maximum Gasteiger partial charge on any atom is 0.407 e. The summed E-state index contributed by atoms with van der Waals surface area (Å²) in [5, 5.41) is 2.64. The summed E-state index contributed by atoms with van der Waals surface area (Å²) in [5.41, 5.74) is -0.788. The summed E-state index contributed by atoms with van der Waals surface area (Å²) in [6.07, 6.45) is 1.02. The van der Waals surface area contributed by atoms with Crippen molar-refractivity contribution in [2.24, 2.45) is 10.4 Å². The van der Waals surface area contributed by atoms with Crippen molar-refractivity contribution in [3.8, 4) is 0 Å². The summed E-state index contributed by atoms with van der Waals surface area (Å²) >= 11 is 0. The van der Waals surface area contributed by atoms with Gasteiger partial charge < -0.3 is 10.1 Å². The van der Waals surface area contributed by atoms with Crippen molar-refractivity contribution in [2.45, 2.75) is 40.2 Å². The molecule has 5 nitrogen and oxygen atoms in total. The average Bonchev–Trinajstić information content (AvgIpc) is 2.09. The summed E-state index contributed by atoms with van der Waals surface area (Å²) in [4.78, 5) is 24.8. The first kappa shape index (κ1) is 14.6. The van der Waals surface area contributed by atoms with Gasteiger partial charge in [0.15, 0.2) is 0 Å². The molecule has 92 valence electrons. The van der Waals surface area contributed by atoms with Gasteiger partial charge in [-0.2, -0.15) is 0 Å². The fourth-order valence-electron chi connectivity index (χ4n) is 0.928. The summed E-state index contributed by atoms with van der Waals surface area (Å²) in [6.45, 7) is 9.91. The number of alkyl carbamates (subject to hydrolysis) is 1. The van der Waals surface area contributed by atoms with Crippen LogP contribution in [0.25, 0.3) is 0 Å². The average molecular weight is 228 g/mol. The molecule has 0 spiro atoms. The molecule has 0 fully saturated rings. The molecule has 0 unspecified atom stereocenters. The number of isocyanates is 1. The van der Waals surface area contributed by atoms with E-state index in [1.807, 2.05) is 13.8 Å². The predicted octanol–water partition coefficient (Wildman–Crippen LogP) is 1.87.